The van der Waals surface area contributed by atoms with Crippen LogP contribution in [-0.2, 0) is 0 Å². The average molecular weight is 236 g/mol. The van der Waals surface area contributed by atoms with E-state index in [9.17, 15) is 0 Å². The van der Waals surface area contributed by atoms with E-state index < -0.39 is 0 Å². The van der Waals surface area contributed by atoms with Gasteiger partial charge in [-0.2, -0.15) is 4.98 Å². The Morgan fingerprint density at radius 1 is 1.29 bits per heavy atom. The lowest BCUT2D eigenvalue weighted by atomic mass is 10.1. The third-order valence-electron chi connectivity index (χ3n) is 2.90. The van der Waals surface area contributed by atoms with E-state index in [4.69, 9.17) is 5.11 Å². The van der Waals surface area contributed by atoms with Gasteiger partial charge in [0.2, 0.25) is 5.95 Å². The minimum Gasteiger partial charge on any atom is -0.395 e. The number of anilines is 2. The molecular weight excluding hydrogens is 216 g/mol. The monoisotopic (exact) mass is 236 g/mol. The molecule has 0 saturated carbocycles. The maximum atomic E-state index is 8.80. The molecular formula is C12H20N4O. The van der Waals surface area contributed by atoms with Gasteiger partial charge in [0.05, 0.1) is 6.61 Å². The Morgan fingerprint density at radius 2 is 2.06 bits per heavy atom. The van der Waals surface area contributed by atoms with Crippen LogP contribution < -0.4 is 10.2 Å². The van der Waals surface area contributed by atoms with E-state index in [1.807, 2.05) is 13.0 Å². The van der Waals surface area contributed by atoms with Crippen molar-refractivity contribution in [2.75, 3.05) is 36.5 Å². The van der Waals surface area contributed by atoms with Crippen molar-refractivity contribution in [1.29, 1.82) is 0 Å². The maximum Gasteiger partial charge on any atom is 0.227 e. The minimum atomic E-state index is 0.113. The number of piperidine rings is 1. The third-order valence-corrected chi connectivity index (χ3v) is 2.90. The molecule has 0 amide bonds. The molecule has 1 saturated heterocycles. The summed E-state index contributed by atoms with van der Waals surface area (Å²) in [6.07, 6.45) is 3.74. The fraction of sp³-hybridized carbons (Fsp3) is 0.667. The van der Waals surface area contributed by atoms with Crippen molar-refractivity contribution in [3.63, 3.8) is 0 Å². The Kier molecular flexibility index (Phi) is 4.14. The molecule has 0 radical (unpaired) electrons. The zero-order chi connectivity index (χ0) is 12.1. The summed E-state index contributed by atoms with van der Waals surface area (Å²) in [6, 6.07) is 1.91. The molecule has 1 aliphatic heterocycles. The van der Waals surface area contributed by atoms with Gasteiger partial charge in [0.1, 0.15) is 5.82 Å². The Labute approximate surface area is 102 Å². The van der Waals surface area contributed by atoms with Crippen LogP contribution in [0.3, 0.4) is 0 Å². The lowest BCUT2D eigenvalue weighted by molar-refractivity contribution is 0.311. The second-order valence-electron chi connectivity index (χ2n) is 4.39. The Balaban J connectivity index is 2.12. The summed E-state index contributed by atoms with van der Waals surface area (Å²) >= 11 is 0. The highest BCUT2D eigenvalue weighted by atomic mass is 16.3. The number of rotatable bonds is 4. The van der Waals surface area contributed by atoms with Gasteiger partial charge < -0.3 is 15.3 Å². The third kappa shape index (κ3) is 3.30. The number of nitrogens with zero attached hydrogens (tertiary/aromatic N) is 3. The molecule has 1 aromatic heterocycles. The van der Waals surface area contributed by atoms with Crippen LogP contribution in [-0.4, -0.2) is 41.3 Å². The lowest BCUT2D eigenvalue weighted by Crippen LogP contribution is -2.31. The summed E-state index contributed by atoms with van der Waals surface area (Å²) in [5.41, 5.74) is 0.959. The maximum absolute atomic E-state index is 8.80. The molecule has 2 rings (SSSR count). The molecule has 1 fully saturated rings. The molecule has 5 nitrogen and oxygen atoms in total. The predicted octanol–water partition coefficient (Wildman–Crippen LogP) is 1.18. The van der Waals surface area contributed by atoms with Gasteiger partial charge in [0.25, 0.3) is 0 Å². The first-order valence-electron chi connectivity index (χ1n) is 6.25. The van der Waals surface area contributed by atoms with Crippen LogP contribution in [0.4, 0.5) is 11.8 Å². The van der Waals surface area contributed by atoms with Crippen LogP contribution in [0.1, 0.15) is 25.0 Å². The van der Waals surface area contributed by atoms with Crippen LogP contribution in [0.15, 0.2) is 6.07 Å². The molecule has 1 aliphatic rings. The topological polar surface area (TPSA) is 61.3 Å². The van der Waals surface area contributed by atoms with Crippen LogP contribution in [0.2, 0.25) is 0 Å². The summed E-state index contributed by atoms with van der Waals surface area (Å²) in [6.45, 7) is 4.70. The highest BCUT2D eigenvalue weighted by Gasteiger charge is 2.14. The second kappa shape index (κ2) is 5.82. The highest BCUT2D eigenvalue weighted by Crippen LogP contribution is 2.18. The minimum absolute atomic E-state index is 0.113. The molecule has 17 heavy (non-hydrogen) atoms. The van der Waals surface area contributed by atoms with Crippen molar-refractivity contribution in [3.05, 3.63) is 11.8 Å². The average Bonchev–Trinajstić information content (AvgIpc) is 2.37. The van der Waals surface area contributed by atoms with Gasteiger partial charge >= 0.3 is 0 Å². The van der Waals surface area contributed by atoms with E-state index in [-0.39, 0.29) is 6.61 Å². The van der Waals surface area contributed by atoms with E-state index in [1.54, 1.807) is 0 Å². The van der Waals surface area contributed by atoms with Crippen molar-refractivity contribution in [1.82, 2.24) is 9.97 Å². The van der Waals surface area contributed by atoms with E-state index in [1.165, 1.54) is 19.3 Å². The Bertz CT molecular complexity index is 364. The molecule has 2 N–H and O–H groups in total. The Hall–Kier alpha value is -1.36. The number of hydrogen-bond donors (Lipinski definition) is 2. The molecule has 1 aromatic rings. The van der Waals surface area contributed by atoms with Gasteiger partial charge in [-0.25, -0.2) is 4.98 Å². The van der Waals surface area contributed by atoms with Gasteiger partial charge in [-0.1, -0.05) is 0 Å². The van der Waals surface area contributed by atoms with E-state index in [2.05, 4.69) is 20.2 Å². The largest absolute Gasteiger partial charge is 0.395 e. The predicted molar refractivity (Wildman–Crippen MR) is 68.4 cm³/mol. The number of aryl methyl sites for hydroxylation is 1. The zero-order valence-electron chi connectivity index (χ0n) is 10.3. The SMILES string of the molecule is Cc1cc(NCCO)nc(N2CCCCC2)n1. The van der Waals surface area contributed by atoms with Gasteiger partial charge in [0, 0.05) is 31.4 Å². The summed E-state index contributed by atoms with van der Waals surface area (Å²) in [7, 11) is 0. The summed E-state index contributed by atoms with van der Waals surface area (Å²) in [5.74, 6) is 1.61. The smallest absolute Gasteiger partial charge is 0.227 e. The van der Waals surface area contributed by atoms with Crippen molar-refractivity contribution in [3.8, 4) is 0 Å². The first kappa shape index (κ1) is 12.1. The number of nitrogens with one attached hydrogen (secondary N) is 1. The van der Waals surface area contributed by atoms with Crippen LogP contribution in [0, 0.1) is 6.92 Å². The highest BCUT2D eigenvalue weighted by molar-refractivity contribution is 5.43. The van der Waals surface area contributed by atoms with Crippen LogP contribution in [0.5, 0.6) is 0 Å². The number of aliphatic hydroxyl groups excluding tert-OH is 1. The first-order valence-corrected chi connectivity index (χ1v) is 6.25. The van der Waals surface area contributed by atoms with Crippen LogP contribution >= 0.6 is 0 Å². The molecule has 0 aliphatic carbocycles. The molecule has 5 heteroatoms. The van der Waals surface area contributed by atoms with Gasteiger partial charge in [-0.3, -0.25) is 0 Å². The first-order chi connectivity index (χ1) is 8.29. The second-order valence-corrected chi connectivity index (χ2v) is 4.39. The van der Waals surface area contributed by atoms with E-state index in [0.717, 1.165) is 30.5 Å². The standard InChI is InChI=1S/C12H20N4O/c1-10-9-11(13-5-8-17)15-12(14-10)16-6-3-2-4-7-16/h9,17H,2-8H2,1H3,(H,13,14,15). The van der Waals surface area contributed by atoms with Gasteiger partial charge in [0.15, 0.2) is 0 Å². The molecule has 0 atom stereocenters. The van der Waals surface area contributed by atoms with Crippen molar-refractivity contribution in [2.24, 2.45) is 0 Å². The summed E-state index contributed by atoms with van der Waals surface area (Å²) in [5, 5.41) is 11.9. The molecule has 0 spiro atoms. The van der Waals surface area contributed by atoms with E-state index in [0.29, 0.717) is 6.54 Å². The lowest BCUT2D eigenvalue weighted by Gasteiger charge is -2.27. The molecule has 94 valence electrons. The number of aliphatic hydroxyl groups is 1. The summed E-state index contributed by atoms with van der Waals surface area (Å²) in [4.78, 5) is 11.2. The van der Waals surface area contributed by atoms with Crippen molar-refractivity contribution >= 4 is 11.8 Å². The zero-order valence-corrected chi connectivity index (χ0v) is 10.3. The molecule has 0 aromatic carbocycles. The van der Waals surface area contributed by atoms with Gasteiger partial charge in [-0.05, 0) is 26.2 Å². The van der Waals surface area contributed by atoms with Crippen molar-refractivity contribution in [2.45, 2.75) is 26.2 Å². The summed E-state index contributed by atoms with van der Waals surface area (Å²) < 4.78 is 0. The quantitative estimate of drug-likeness (QED) is 0.822. The molecule has 0 unspecified atom stereocenters. The van der Waals surface area contributed by atoms with Gasteiger partial charge in [-0.15, -0.1) is 0 Å². The number of hydrogen-bond acceptors (Lipinski definition) is 5. The normalized spacial score (nSPS) is 16.0. The Morgan fingerprint density at radius 3 is 2.76 bits per heavy atom. The molecule has 0 bridgehead atoms. The fourth-order valence-electron chi connectivity index (χ4n) is 2.06. The van der Waals surface area contributed by atoms with E-state index >= 15 is 0 Å². The molecule has 2 heterocycles. The van der Waals surface area contributed by atoms with Crippen molar-refractivity contribution < 1.29 is 5.11 Å². The fourth-order valence-corrected chi connectivity index (χ4v) is 2.06. The number of aromatic nitrogens is 2. The van der Waals surface area contributed by atoms with Crippen LogP contribution in [0.25, 0.3) is 0 Å².